The number of nitrogens with one attached hydrogen (secondary N) is 1. The summed E-state index contributed by atoms with van der Waals surface area (Å²) in [7, 11) is 4.92. The summed E-state index contributed by atoms with van der Waals surface area (Å²) in [5, 5.41) is 3.66. The van der Waals surface area contributed by atoms with E-state index in [1.165, 1.54) is 26.0 Å². The minimum absolute atomic E-state index is 0.169. The lowest BCUT2D eigenvalue weighted by Gasteiger charge is -2.15. The van der Waals surface area contributed by atoms with Crippen molar-refractivity contribution in [3.05, 3.63) is 29.5 Å². The summed E-state index contributed by atoms with van der Waals surface area (Å²) in [5.41, 5.74) is 0.496. The van der Waals surface area contributed by atoms with E-state index in [9.17, 15) is 4.79 Å². The maximum absolute atomic E-state index is 12.4. The summed E-state index contributed by atoms with van der Waals surface area (Å²) in [6, 6.07) is 3.24. The van der Waals surface area contributed by atoms with E-state index in [1.807, 2.05) is 24.7 Å². The topological polar surface area (TPSA) is 65.4 Å². The van der Waals surface area contributed by atoms with Gasteiger partial charge in [-0.15, -0.1) is 0 Å². The number of hydrogen-bond donors (Lipinski definition) is 1. The van der Waals surface area contributed by atoms with E-state index in [0.29, 0.717) is 22.2 Å². The fraction of sp³-hybridized carbons (Fsp3) is 0.333. The predicted molar refractivity (Wildman–Crippen MR) is 91.7 cm³/mol. The van der Waals surface area contributed by atoms with Crippen LogP contribution in [0, 0.1) is 0 Å². The van der Waals surface area contributed by atoms with Crippen LogP contribution in [0.5, 0.6) is 11.5 Å². The molecule has 1 N–H and O–H groups in total. The molecular formula is C15H18ClN3O3S. The van der Waals surface area contributed by atoms with Crippen LogP contribution in [0.4, 0.5) is 5.69 Å². The van der Waals surface area contributed by atoms with Crippen molar-refractivity contribution in [2.24, 2.45) is 7.05 Å². The van der Waals surface area contributed by atoms with E-state index in [0.717, 1.165) is 5.16 Å². The van der Waals surface area contributed by atoms with Crippen molar-refractivity contribution in [1.82, 2.24) is 9.55 Å². The minimum atomic E-state index is -0.332. The monoisotopic (exact) mass is 355 g/mol. The Morgan fingerprint density at radius 3 is 2.61 bits per heavy atom. The number of imidazole rings is 1. The van der Waals surface area contributed by atoms with Gasteiger partial charge in [-0.25, -0.2) is 4.98 Å². The zero-order chi connectivity index (χ0) is 17.0. The first kappa shape index (κ1) is 17.5. The number of benzene rings is 1. The van der Waals surface area contributed by atoms with Gasteiger partial charge in [-0.1, -0.05) is 23.4 Å². The standard InChI is InChI=1S/C15H18ClN3O3S/c1-9(23-15-17-5-6-19(15)2)14(20)18-11-7-10(16)12(21-3)8-13(11)22-4/h5-9H,1-4H3,(H,18,20). The number of hydrogen-bond acceptors (Lipinski definition) is 5. The first-order valence-electron chi connectivity index (χ1n) is 6.82. The smallest absolute Gasteiger partial charge is 0.237 e. The molecule has 0 saturated carbocycles. The number of rotatable bonds is 6. The lowest BCUT2D eigenvalue weighted by Crippen LogP contribution is -2.23. The van der Waals surface area contributed by atoms with Crippen molar-refractivity contribution in [1.29, 1.82) is 0 Å². The molecule has 1 unspecified atom stereocenters. The Morgan fingerprint density at radius 1 is 1.35 bits per heavy atom. The van der Waals surface area contributed by atoms with E-state index < -0.39 is 0 Å². The summed E-state index contributed by atoms with van der Waals surface area (Å²) in [6.45, 7) is 1.81. The molecular weight excluding hydrogens is 338 g/mol. The molecule has 1 heterocycles. The second-order valence-corrected chi connectivity index (χ2v) is 6.47. The molecule has 124 valence electrons. The molecule has 0 aliphatic heterocycles. The Morgan fingerprint density at radius 2 is 2.04 bits per heavy atom. The van der Waals surface area contributed by atoms with E-state index in [1.54, 1.807) is 18.3 Å². The quantitative estimate of drug-likeness (QED) is 0.806. The molecule has 2 rings (SSSR count). The molecule has 0 aliphatic rings. The Bertz CT molecular complexity index is 705. The van der Waals surface area contributed by atoms with Gasteiger partial charge in [0.1, 0.15) is 11.5 Å². The molecule has 2 aromatic rings. The second-order valence-electron chi connectivity index (χ2n) is 4.76. The zero-order valence-corrected chi connectivity index (χ0v) is 14.9. The van der Waals surface area contributed by atoms with Gasteiger partial charge < -0.3 is 19.4 Å². The molecule has 23 heavy (non-hydrogen) atoms. The van der Waals surface area contributed by atoms with Crippen LogP contribution in [-0.2, 0) is 11.8 Å². The largest absolute Gasteiger partial charge is 0.495 e. The molecule has 0 aliphatic carbocycles. The van der Waals surface area contributed by atoms with Crippen LogP contribution in [0.25, 0.3) is 0 Å². The highest BCUT2D eigenvalue weighted by atomic mass is 35.5. The van der Waals surface area contributed by atoms with Crippen LogP contribution < -0.4 is 14.8 Å². The van der Waals surface area contributed by atoms with E-state index in [-0.39, 0.29) is 11.2 Å². The van der Waals surface area contributed by atoms with Gasteiger partial charge in [-0.3, -0.25) is 4.79 Å². The molecule has 6 nitrogen and oxygen atoms in total. The molecule has 0 spiro atoms. The molecule has 1 aromatic carbocycles. The summed E-state index contributed by atoms with van der Waals surface area (Å²) >= 11 is 7.48. The molecule has 1 amide bonds. The summed E-state index contributed by atoms with van der Waals surface area (Å²) in [5.74, 6) is 0.795. The van der Waals surface area contributed by atoms with Crippen molar-refractivity contribution in [3.8, 4) is 11.5 Å². The molecule has 0 radical (unpaired) electrons. The molecule has 0 saturated heterocycles. The van der Waals surface area contributed by atoms with Crippen LogP contribution in [0.2, 0.25) is 5.02 Å². The van der Waals surface area contributed by atoms with Crippen LogP contribution in [0.3, 0.4) is 0 Å². The highest BCUT2D eigenvalue weighted by Gasteiger charge is 2.19. The highest BCUT2D eigenvalue weighted by Crippen LogP contribution is 2.36. The highest BCUT2D eigenvalue weighted by molar-refractivity contribution is 8.00. The molecule has 1 atom stereocenters. The van der Waals surface area contributed by atoms with Gasteiger partial charge in [0.2, 0.25) is 5.91 Å². The number of aryl methyl sites for hydroxylation is 1. The van der Waals surface area contributed by atoms with Crippen molar-refractivity contribution < 1.29 is 14.3 Å². The Labute approximate surface area is 144 Å². The fourth-order valence-electron chi connectivity index (χ4n) is 1.87. The fourth-order valence-corrected chi connectivity index (χ4v) is 2.94. The average Bonchev–Trinajstić information content (AvgIpc) is 2.92. The lowest BCUT2D eigenvalue weighted by molar-refractivity contribution is -0.115. The minimum Gasteiger partial charge on any atom is -0.495 e. The van der Waals surface area contributed by atoms with Gasteiger partial charge in [0.05, 0.1) is 30.2 Å². The maximum Gasteiger partial charge on any atom is 0.237 e. The van der Waals surface area contributed by atoms with Crippen molar-refractivity contribution in [2.75, 3.05) is 19.5 Å². The third kappa shape index (κ3) is 4.11. The van der Waals surface area contributed by atoms with Crippen molar-refractivity contribution in [2.45, 2.75) is 17.3 Å². The number of nitrogens with zero attached hydrogens (tertiary/aromatic N) is 2. The van der Waals surface area contributed by atoms with Crippen LogP contribution in [-0.4, -0.2) is 34.9 Å². The Balaban J connectivity index is 2.13. The van der Waals surface area contributed by atoms with E-state index in [4.69, 9.17) is 21.1 Å². The van der Waals surface area contributed by atoms with Crippen LogP contribution in [0.1, 0.15) is 6.92 Å². The maximum atomic E-state index is 12.4. The molecule has 0 fully saturated rings. The first-order valence-corrected chi connectivity index (χ1v) is 8.08. The SMILES string of the molecule is COc1cc(OC)c(NC(=O)C(C)Sc2nccn2C)cc1Cl. The Hall–Kier alpha value is -1.86. The van der Waals surface area contributed by atoms with Crippen LogP contribution >= 0.6 is 23.4 Å². The number of ether oxygens (including phenoxy) is 2. The van der Waals surface area contributed by atoms with Gasteiger partial charge in [-0.2, -0.15) is 0 Å². The van der Waals surface area contributed by atoms with Crippen molar-refractivity contribution >= 4 is 35.0 Å². The number of halogens is 1. The van der Waals surface area contributed by atoms with Gasteiger partial charge in [0, 0.05) is 25.5 Å². The number of aromatic nitrogens is 2. The number of thioether (sulfide) groups is 1. The second kappa shape index (κ2) is 7.61. The van der Waals surface area contributed by atoms with Gasteiger partial charge in [0.25, 0.3) is 0 Å². The number of methoxy groups -OCH3 is 2. The summed E-state index contributed by atoms with van der Waals surface area (Å²) in [6.07, 6.45) is 3.53. The Kier molecular flexibility index (Phi) is 5.79. The predicted octanol–water partition coefficient (Wildman–Crippen LogP) is 3.21. The number of carbonyl (C=O) groups is 1. The third-order valence-corrected chi connectivity index (χ3v) is 4.63. The van der Waals surface area contributed by atoms with E-state index in [2.05, 4.69) is 10.3 Å². The first-order chi connectivity index (χ1) is 11.0. The van der Waals surface area contributed by atoms with Crippen molar-refractivity contribution in [3.63, 3.8) is 0 Å². The number of amides is 1. The number of anilines is 1. The van der Waals surface area contributed by atoms with Gasteiger partial charge in [0.15, 0.2) is 5.16 Å². The van der Waals surface area contributed by atoms with E-state index >= 15 is 0 Å². The third-order valence-electron chi connectivity index (χ3n) is 3.16. The average molecular weight is 356 g/mol. The summed E-state index contributed by atoms with van der Waals surface area (Å²) < 4.78 is 12.3. The van der Waals surface area contributed by atoms with Gasteiger partial charge in [-0.05, 0) is 13.0 Å². The van der Waals surface area contributed by atoms with Crippen LogP contribution in [0.15, 0.2) is 29.7 Å². The summed E-state index contributed by atoms with van der Waals surface area (Å²) in [4.78, 5) is 16.6. The van der Waals surface area contributed by atoms with Gasteiger partial charge >= 0.3 is 0 Å². The molecule has 1 aromatic heterocycles. The normalized spacial score (nSPS) is 11.9. The molecule has 8 heteroatoms. The molecule has 0 bridgehead atoms. The number of carbonyl (C=O) groups excluding carboxylic acids is 1. The zero-order valence-electron chi connectivity index (χ0n) is 13.3. The lowest BCUT2D eigenvalue weighted by atomic mass is 10.2.